The standard InChI is InChI=1S/C15H12Cl2O2/c1-10-5-2-3-6-11(10)15(18)19-9-12-13(16)7-4-8-14(12)17/h2-8H,9H2,1H3. The van der Waals surface area contributed by atoms with Gasteiger partial charge in [-0.3, -0.25) is 0 Å². The zero-order chi connectivity index (χ0) is 13.8. The first-order valence-corrected chi connectivity index (χ1v) is 6.51. The first-order chi connectivity index (χ1) is 9.09. The number of halogens is 2. The van der Waals surface area contributed by atoms with Crippen LogP contribution in [0.5, 0.6) is 0 Å². The van der Waals surface area contributed by atoms with Gasteiger partial charge in [0.1, 0.15) is 6.61 Å². The first-order valence-electron chi connectivity index (χ1n) is 5.75. The van der Waals surface area contributed by atoms with E-state index in [4.69, 9.17) is 27.9 Å². The van der Waals surface area contributed by atoms with Crippen molar-refractivity contribution in [3.05, 3.63) is 69.2 Å². The van der Waals surface area contributed by atoms with Crippen LogP contribution in [0.2, 0.25) is 10.0 Å². The van der Waals surface area contributed by atoms with Crippen molar-refractivity contribution < 1.29 is 9.53 Å². The number of esters is 1. The van der Waals surface area contributed by atoms with Crippen molar-refractivity contribution in [3.63, 3.8) is 0 Å². The molecule has 0 radical (unpaired) electrons. The van der Waals surface area contributed by atoms with E-state index in [0.29, 0.717) is 21.2 Å². The maximum atomic E-state index is 12.0. The summed E-state index contributed by atoms with van der Waals surface area (Å²) in [6.07, 6.45) is 0. The van der Waals surface area contributed by atoms with Gasteiger partial charge in [0.2, 0.25) is 0 Å². The Bertz CT molecular complexity index is 589. The van der Waals surface area contributed by atoms with Crippen molar-refractivity contribution in [1.82, 2.24) is 0 Å². The molecule has 98 valence electrons. The lowest BCUT2D eigenvalue weighted by atomic mass is 10.1. The number of hydrogen-bond acceptors (Lipinski definition) is 2. The fourth-order valence-electron chi connectivity index (χ4n) is 1.69. The molecule has 2 aromatic rings. The van der Waals surface area contributed by atoms with Crippen molar-refractivity contribution in [1.29, 1.82) is 0 Å². The summed E-state index contributed by atoms with van der Waals surface area (Å²) in [4.78, 5) is 12.0. The molecule has 0 saturated carbocycles. The largest absolute Gasteiger partial charge is 0.457 e. The van der Waals surface area contributed by atoms with E-state index >= 15 is 0 Å². The molecular formula is C15H12Cl2O2. The van der Waals surface area contributed by atoms with Crippen LogP contribution in [-0.4, -0.2) is 5.97 Å². The van der Waals surface area contributed by atoms with E-state index in [-0.39, 0.29) is 12.6 Å². The smallest absolute Gasteiger partial charge is 0.338 e. The normalized spacial score (nSPS) is 10.3. The minimum atomic E-state index is -0.380. The van der Waals surface area contributed by atoms with Gasteiger partial charge in [0.15, 0.2) is 0 Å². The summed E-state index contributed by atoms with van der Waals surface area (Å²) in [6, 6.07) is 12.4. The highest BCUT2D eigenvalue weighted by molar-refractivity contribution is 6.35. The van der Waals surface area contributed by atoms with E-state index in [9.17, 15) is 4.79 Å². The quantitative estimate of drug-likeness (QED) is 0.770. The highest BCUT2D eigenvalue weighted by Crippen LogP contribution is 2.25. The number of carbonyl (C=O) groups is 1. The molecule has 0 atom stereocenters. The molecule has 0 spiro atoms. The topological polar surface area (TPSA) is 26.3 Å². The lowest BCUT2D eigenvalue weighted by Gasteiger charge is -2.09. The molecule has 0 unspecified atom stereocenters. The molecule has 0 aliphatic carbocycles. The zero-order valence-electron chi connectivity index (χ0n) is 10.3. The molecule has 0 aromatic heterocycles. The van der Waals surface area contributed by atoms with E-state index in [0.717, 1.165) is 5.56 Å². The lowest BCUT2D eigenvalue weighted by Crippen LogP contribution is -2.07. The van der Waals surface area contributed by atoms with E-state index in [1.54, 1.807) is 30.3 Å². The predicted molar refractivity (Wildman–Crippen MR) is 76.8 cm³/mol. The molecule has 0 aliphatic heterocycles. The summed E-state index contributed by atoms with van der Waals surface area (Å²) in [6.45, 7) is 1.92. The van der Waals surface area contributed by atoms with Crippen LogP contribution >= 0.6 is 23.2 Å². The maximum absolute atomic E-state index is 12.0. The zero-order valence-corrected chi connectivity index (χ0v) is 11.8. The predicted octanol–water partition coefficient (Wildman–Crippen LogP) is 4.66. The number of carbonyl (C=O) groups excluding carboxylic acids is 1. The van der Waals surface area contributed by atoms with Gasteiger partial charge in [-0.05, 0) is 30.7 Å². The Morgan fingerprint density at radius 1 is 1.05 bits per heavy atom. The Balaban J connectivity index is 2.11. The molecule has 0 heterocycles. The molecule has 0 saturated heterocycles. The molecule has 0 bridgehead atoms. The van der Waals surface area contributed by atoms with E-state index in [1.807, 2.05) is 19.1 Å². The van der Waals surface area contributed by atoms with Crippen LogP contribution in [0.1, 0.15) is 21.5 Å². The van der Waals surface area contributed by atoms with Gasteiger partial charge in [-0.2, -0.15) is 0 Å². The lowest BCUT2D eigenvalue weighted by molar-refractivity contribution is 0.0472. The van der Waals surface area contributed by atoms with Crippen LogP contribution < -0.4 is 0 Å². The summed E-state index contributed by atoms with van der Waals surface area (Å²) in [5.41, 5.74) is 2.04. The molecule has 2 rings (SSSR count). The number of hydrogen-bond donors (Lipinski definition) is 0. The summed E-state index contributed by atoms with van der Waals surface area (Å²) >= 11 is 12.0. The molecule has 4 heteroatoms. The van der Waals surface area contributed by atoms with Crippen molar-refractivity contribution in [2.24, 2.45) is 0 Å². The van der Waals surface area contributed by atoms with E-state index in [1.165, 1.54) is 0 Å². The van der Waals surface area contributed by atoms with Gasteiger partial charge in [0, 0.05) is 15.6 Å². The molecule has 19 heavy (non-hydrogen) atoms. The second kappa shape index (κ2) is 6.09. The van der Waals surface area contributed by atoms with Crippen molar-refractivity contribution in [3.8, 4) is 0 Å². The fraction of sp³-hybridized carbons (Fsp3) is 0.133. The number of rotatable bonds is 3. The number of aryl methyl sites for hydroxylation is 1. The molecule has 2 aromatic carbocycles. The van der Waals surface area contributed by atoms with Gasteiger partial charge in [-0.15, -0.1) is 0 Å². The van der Waals surface area contributed by atoms with Gasteiger partial charge < -0.3 is 4.74 Å². The second-order valence-electron chi connectivity index (χ2n) is 4.09. The third kappa shape index (κ3) is 3.28. The van der Waals surface area contributed by atoms with Gasteiger partial charge in [0.25, 0.3) is 0 Å². The Morgan fingerprint density at radius 3 is 2.32 bits per heavy atom. The molecule has 0 N–H and O–H groups in total. The Hall–Kier alpha value is -1.51. The molecule has 2 nitrogen and oxygen atoms in total. The highest BCUT2D eigenvalue weighted by Gasteiger charge is 2.12. The second-order valence-corrected chi connectivity index (χ2v) is 4.91. The minimum Gasteiger partial charge on any atom is -0.457 e. The van der Waals surface area contributed by atoms with Crippen LogP contribution in [-0.2, 0) is 11.3 Å². The SMILES string of the molecule is Cc1ccccc1C(=O)OCc1c(Cl)cccc1Cl. The molecule has 0 fully saturated rings. The Labute approximate surface area is 121 Å². The minimum absolute atomic E-state index is 0.0612. The number of benzene rings is 2. The average molecular weight is 295 g/mol. The average Bonchev–Trinajstić information content (AvgIpc) is 2.38. The summed E-state index contributed by atoms with van der Waals surface area (Å²) in [7, 11) is 0. The third-order valence-corrected chi connectivity index (χ3v) is 3.48. The fourth-order valence-corrected chi connectivity index (χ4v) is 2.19. The van der Waals surface area contributed by atoms with E-state index < -0.39 is 0 Å². The van der Waals surface area contributed by atoms with Crippen LogP contribution in [0.4, 0.5) is 0 Å². The Kier molecular flexibility index (Phi) is 4.46. The third-order valence-electron chi connectivity index (χ3n) is 2.77. The van der Waals surface area contributed by atoms with E-state index in [2.05, 4.69) is 0 Å². The van der Waals surface area contributed by atoms with Gasteiger partial charge in [-0.1, -0.05) is 47.5 Å². The highest BCUT2D eigenvalue weighted by atomic mass is 35.5. The van der Waals surface area contributed by atoms with Crippen LogP contribution in [0.15, 0.2) is 42.5 Å². The van der Waals surface area contributed by atoms with Gasteiger partial charge >= 0.3 is 5.97 Å². The maximum Gasteiger partial charge on any atom is 0.338 e. The summed E-state index contributed by atoms with van der Waals surface area (Å²) < 4.78 is 5.25. The van der Waals surface area contributed by atoms with Crippen molar-refractivity contribution in [2.45, 2.75) is 13.5 Å². The van der Waals surface area contributed by atoms with Crippen LogP contribution in [0, 0.1) is 6.92 Å². The molecular weight excluding hydrogens is 283 g/mol. The summed E-state index contributed by atoms with van der Waals surface area (Å²) in [5.74, 6) is -0.380. The van der Waals surface area contributed by atoms with Gasteiger partial charge in [0.05, 0.1) is 5.56 Å². The van der Waals surface area contributed by atoms with Crippen molar-refractivity contribution >= 4 is 29.2 Å². The molecule has 0 aliphatic rings. The van der Waals surface area contributed by atoms with Gasteiger partial charge in [-0.25, -0.2) is 4.79 Å². The van der Waals surface area contributed by atoms with Crippen LogP contribution in [0.25, 0.3) is 0 Å². The van der Waals surface area contributed by atoms with Crippen LogP contribution in [0.3, 0.4) is 0 Å². The first kappa shape index (κ1) is 13.9. The monoisotopic (exact) mass is 294 g/mol. The Morgan fingerprint density at radius 2 is 1.68 bits per heavy atom. The van der Waals surface area contributed by atoms with Crippen molar-refractivity contribution in [2.75, 3.05) is 0 Å². The molecule has 0 amide bonds. The number of ether oxygens (including phenoxy) is 1. The summed E-state index contributed by atoms with van der Waals surface area (Å²) in [5, 5.41) is 0.982.